The Kier molecular flexibility index (Phi) is 2.32. The third kappa shape index (κ3) is 2.61. The van der Waals surface area contributed by atoms with Crippen molar-refractivity contribution in [2.24, 2.45) is 0 Å². The molecule has 0 saturated heterocycles. The second-order valence-electron chi connectivity index (χ2n) is 3.51. The van der Waals surface area contributed by atoms with Gasteiger partial charge in [-0.3, -0.25) is 0 Å². The molecule has 1 aliphatic carbocycles. The molecule has 1 fully saturated rings. The first kappa shape index (κ1) is 10.3. The molecule has 5 heteroatoms. The molecule has 0 spiro atoms. The highest BCUT2D eigenvalue weighted by atomic mass is 19.4. The van der Waals surface area contributed by atoms with Crippen molar-refractivity contribution in [1.82, 2.24) is 0 Å². The maximum Gasteiger partial charge on any atom is 0.573 e. The summed E-state index contributed by atoms with van der Waals surface area (Å²) in [5, 5.41) is 0. The molecule has 1 aliphatic rings. The monoisotopic (exact) mass is 220 g/mol. The maximum absolute atomic E-state index is 13.1. The summed E-state index contributed by atoms with van der Waals surface area (Å²) in [4.78, 5) is 0. The summed E-state index contributed by atoms with van der Waals surface area (Å²) in [6, 6.07) is 3.61. The molecule has 0 N–H and O–H groups in total. The van der Waals surface area contributed by atoms with E-state index in [4.69, 9.17) is 0 Å². The van der Waals surface area contributed by atoms with Crippen LogP contribution in [0.15, 0.2) is 18.2 Å². The van der Waals surface area contributed by atoms with E-state index in [-0.39, 0.29) is 0 Å². The Labute approximate surface area is 83.7 Å². The molecule has 0 amide bonds. The molecule has 0 unspecified atom stereocenters. The minimum absolute atomic E-state index is 0.305. The van der Waals surface area contributed by atoms with Crippen LogP contribution < -0.4 is 4.74 Å². The van der Waals surface area contributed by atoms with E-state index in [0.29, 0.717) is 5.92 Å². The van der Waals surface area contributed by atoms with E-state index in [1.54, 1.807) is 0 Å². The lowest BCUT2D eigenvalue weighted by Gasteiger charge is -2.10. The van der Waals surface area contributed by atoms with Crippen LogP contribution in [0.25, 0.3) is 0 Å². The first-order valence-corrected chi connectivity index (χ1v) is 4.51. The standard InChI is InChI=1S/C10H8F4O/c11-8-5-7(6-1-2-6)3-4-9(8)15-10(12,13)14/h3-6H,1-2H2. The van der Waals surface area contributed by atoms with Gasteiger partial charge in [0.2, 0.25) is 0 Å². The molecule has 1 aromatic carbocycles. The fourth-order valence-corrected chi connectivity index (χ4v) is 1.40. The zero-order chi connectivity index (χ0) is 11.1. The SMILES string of the molecule is Fc1cc(C2CC2)ccc1OC(F)(F)F. The van der Waals surface area contributed by atoms with E-state index in [9.17, 15) is 17.6 Å². The molecular formula is C10H8F4O. The molecule has 0 aliphatic heterocycles. The van der Waals surface area contributed by atoms with E-state index in [1.807, 2.05) is 0 Å². The molecule has 82 valence electrons. The molecule has 1 saturated carbocycles. The first-order chi connectivity index (χ1) is 6.96. The van der Waals surface area contributed by atoms with Crippen LogP contribution in [0.1, 0.15) is 24.3 Å². The third-order valence-electron chi connectivity index (χ3n) is 2.23. The molecule has 15 heavy (non-hydrogen) atoms. The Balaban J connectivity index is 2.18. The zero-order valence-corrected chi connectivity index (χ0v) is 7.64. The largest absolute Gasteiger partial charge is 0.573 e. The smallest absolute Gasteiger partial charge is 0.403 e. The highest BCUT2D eigenvalue weighted by molar-refractivity contribution is 5.33. The number of alkyl halides is 3. The zero-order valence-electron chi connectivity index (χ0n) is 7.64. The molecule has 0 atom stereocenters. The lowest BCUT2D eigenvalue weighted by Crippen LogP contribution is -2.17. The summed E-state index contributed by atoms with van der Waals surface area (Å²) in [6.45, 7) is 0. The van der Waals surface area contributed by atoms with Gasteiger partial charge in [-0.15, -0.1) is 13.2 Å². The van der Waals surface area contributed by atoms with Gasteiger partial charge < -0.3 is 4.74 Å². The molecule has 0 aromatic heterocycles. The summed E-state index contributed by atoms with van der Waals surface area (Å²) in [7, 11) is 0. The van der Waals surface area contributed by atoms with E-state index in [1.165, 1.54) is 6.07 Å². The summed E-state index contributed by atoms with van der Waals surface area (Å²) in [5.41, 5.74) is 0.738. The number of hydrogen-bond acceptors (Lipinski definition) is 1. The van der Waals surface area contributed by atoms with Crippen LogP contribution >= 0.6 is 0 Å². The normalized spacial score (nSPS) is 16.5. The van der Waals surface area contributed by atoms with Crippen molar-refractivity contribution in [3.63, 3.8) is 0 Å². The van der Waals surface area contributed by atoms with Crippen molar-refractivity contribution < 1.29 is 22.3 Å². The van der Waals surface area contributed by atoms with Gasteiger partial charge in [0.25, 0.3) is 0 Å². The number of ether oxygens (including phenoxy) is 1. The fraction of sp³-hybridized carbons (Fsp3) is 0.400. The van der Waals surface area contributed by atoms with Gasteiger partial charge in [0.1, 0.15) is 0 Å². The minimum Gasteiger partial charge on any atom is -0.403 e. The van der Waals surface area contributed by atoms with Crippen molar-refractivity contribution in [3.05, 3.63) is 29.6 Å². The van der Waals surface area contributed by atoms with Crippen molar-refractivity contribution in [2.75, 3.05) is 0 Å². The average Bonchev–Trinajstić information content (AvgIpc) is 2.89. The van der Waals surface area contributed by atoms with Crippen LogP contribution in [0, 0.1) is 5.82 Å². The molecular weight excluding hydrogens is 212 g/mol. The van der Waals surface area contributed by atoms with Crippen LogP contribution in [0.2, 0.25) is 0 Å². The number of hydrogen-bond donors (Lipinski definition) is 0. The summed E-state index contributed by atoms with van der Waals surface area (Å²) < 4.78 is 52.1. The molecule has 1 nitrogen and oxygen atoms in total. The van der Waals surface area contributed by atoms with Gasteiger partial charge in [0, 0.05) is 0 Å². The average molecular weight is 220 g/mol. The number of halogens is 4. The van der Waals surface area contributed by atoms with E-state index in [0.717, 1.165) is 30.5 Å². The van der Waals surface area contributed by atoms with Gasteiger partial charge >= 0.3 is 6.36 Å². The predicted molar refractivity (Wildman–Crippen MR) is 45.1 cm³/mol. The maximum atomic E-state index is 13.1. The summed E-state index contributed by atoms with van der Waals surface area (Å²) in [6.07, 6.45) is -2.90. The van der Waals surface area contributed by atoms with E-state index >= 15 is 0 Å². The Hall–Kier alpha value is -1.26. The summed E-state index contributed by atoms with van der Waals surface area (Å²) in [5.74, 6) is -1.43. The van der Waals surface area contributed by atoms with Crippen molar-refractivity contribution in [1.29, 1.82) is 0 Å². The molecule has 0 radical (unpaired) electrons. The molecule has 0 heterocycles. The molecule has 1 aromatic rings. The van der Waals surface area contributed by atoms with Crippen LogP contribution in [0.3, 0.4) is 0 Å². The quantitative estimate of drug-likeness (QED) is 0.692. The Morgan fingerprint density at radius 2 is 1.87 bits per heavy atom. The van der Waals surface area contributed by atoms with Gasteiger partial charge in [-0.1, -0.05) is 6.07 Å². The molecule has 2 rings (SSSR count). The van der Waals surface area contributed by atoms with Gasteiger partial charge in [-0.25, -0.2) is 4.39 Å². The second-order valence-corrected chi connectivity index (χ2v) is 3.51. The van der Waals surface area contributed by atoms with Crippen LogP contribution in [0.5, 0.6) is 5.75 Å². The topological polar surface area (TPSA) is 9.23 Å². The predicted octanol–water partition coefficient (Wildman–Crippen LogP) is 3.60. The van der Waals surface area contributed by atoms with Gasteiger partial charge in [0.05, 0.1) is 0 Å². The van der Waals surface area contributed by atoms with Crippen molar-refractivity contribution in [3.8, 4) is 5.75 Å². The second kappa shape index (κ2) is 3.40. The Morgan fingerprint density at radius 1 is 1.20 bits per heavy atom. The lowest BCUT2D eigenvalue weighted by atomic mass is 10.1. The lowest BCUT2D eigenvalue weighted by molar-refractivity contribution is -0.275. The van der Waals surface area contributed by atoms with Gasteiger partial charge in [-0.05, 0) is 36.5 Å². The van der Waals surface area contributed by atoms with Gasteiger partial charge in [0.15, 0.2) is 11.6 Å². The third-order valence-corrected chi connectivity index (χ3v) is 2.23. The Morgan fingerprint density at radius 3 is 2.33 bits per heavy atom. The fourth-order valence-electron chi connectivity index (χ4n) is 1.40. The highest BCUT2D eigenvalue weighted by Crippen LogP contribution is 2.41. The van der Waals surface area contributed by atoms with Crippen molar-refractivity contribution >= 4 is 0 Å². The van der Waals surface area contributed by atoms with E-state index < -0.39 is 17.9 Å². The number of benzene rings is 1. The first-order valence-electron chi connectivity index (χ1n) is 4.51. The van der Waals surface area contributed by atoms with Crippen LogP contribution in [-0.2, 0) is 0 Å². The van der Waals surface area contributed by atoms with Gasteiger partial charge in [-0.2, -0.15) is 0 Å². The summed E-state index contributed by atoms with van der Waals surface area (Å²) >= 11 is 0. The van der Waals surface area contributed by atoms with E-state index in [2.05, 4.69) is 4.74 Å². The molecule has 0 bridgehead atoms. The highest BCUT2D eigenvalue weighted by Gasteiger charge is 2.33. The minimum atomic E-state index is -4.85. The number of rotatable bonds is 2. The van der Waals surface area contributed by atoms with Crippen LogP contribution in [0.4, 0.5) is 17.6 Å². The van der Waals surface area contributed by atoms with Crippen LogP contribution in [-0.4, -0.2) is 6.36 Å². The Bertz CT molecular complexity index is 368. The van der Waals surface area contributed by atoms with Crippen molar-refractivity contribution in [2.45, 2.75) is 25.1 Å².